The molecule has 1 aromatic carbocycles. The first-order chi connectivity index (χ1) is 10.8. The highest BCUT2D eigenvalue weighted by Crippen LogP contribution is 2.22. The summed E-state index contributed by atoms with van der Waals surface area (Å²) in [6.45, 7) is 0.722. The monoisotopic (exact) mass is 312 g/mol. The van der Waals surface area contributed by atoms with Crippen molar-refractivity contribution >= 4 is 17.5 Å². The first-order valence-corrected chi connectivity index (χ1v) is 8.59. The van der Waals surface area contributed by atoms with Crippen LogP contribution in [-0.4, -0.2) is 25.4 Å². The fourth-order valence-corrected chi connectivity index (χ4v) is 3.46. The van der Waals surface area contributed by atoms with Crippen LogP contribution in [0.4, 0.5) is 0 Å². The molecule has 0 saturated carbocycles. The molecule has 1 aliphatic carbocycles. The van der Waals surface area contributed by atoms with Gasteiger partial charge in [0.05, 0.1) is 6.54 Å². The Hall–Kier alpha value is -2.08. The molecule has 22 heavy (non-hydrogen) atoms. The zero-order chi connectivity index (χ0) is 15.1. The summed E-state index contributed by atoms with van der Waals surface area (Å²) in [6, 6.07) is 10.3. The zero-order valence-electron chi connectivity index (χ0n) is 12.3. The zero-order valence-corrected chi connectivity index (χ0v) is 13.1. The standard InChI is InChI=1S/C16H16N4OS/c1-22-15-17-16-19(10-11-6-3-2-4-7-11)13-9-5-8-12(13)14(21)20(16)18-15/h2-4,6-7H,5,8-10H2,1H3. The molecule has 0 fully saturated rings. The number of benzene rings is 1. The van der Waals surface area contributed by atoms with Gasteiger partial charge in [-0.1, -0.05) is 42.1 Å². The number of nitrogens with zero attached hydrogens (tertiary/aromatic N) is 4. The van der Waals surface area contributed by atoms with E-state index in [1.54, 1.807) is 0 Å². The van der Waals surface area contributed by atoms with Gasteiger partial charge in [0.15, 0.2) is 0 Å². The summed E-state index contributed by atoms with van der Waals surface area (Å²) in [5, 5.41) is 4.99. The maximum absolute atomic E-state index is 12.6. The minimum absolute atomic E-state index is 0.000360. The van der Waals surface area contributed by atoms with Crippen LogP contribution in [0.3, 0.4) is 0 Å². The van der Waals surface area contributed by atoms with E-state index < -0.39 is 0 Å². The van der Waals surface area contributed by atoms with Crippen molar-refractivity contribution in [2.24, 2.45) is 0 Å². The van der Waals surface area contributed by atoms with Crippen LogP contribution >= 0.6 is 11.8 Å². The van der Waals surface area contributed by atoms with Gasteiger partial charge in [0.2, 0.25) is 10.9 Å². The largest absolute Gasteiger partial charge is 0.309 e. The summed E-state index contributed by atoms with van der Waals surface area (Å²) in [7, 11) is 0. The van der Waals surface area contributed by atoms with Crippen molar-refractivity contribution in [3.8, 4) is 0 Å². The topological polar surface area (TPSA) is 52.2 Å². The molecular formula is C16H16N4OS. The molecule has 112 valence electrons. The second-order valence-electron chi connectivity index (χ2n) is 5.47. The second kappa shape index (κ2) is 5.28. The highest BCUT2D eigenvalue weighted by atomic mass is 32.2. The molecule has 0 saturated heterocycles. The Bertz CT molecular complexity index is 898. The fourth-order valence-electron chi connectivity index (χ4n) is 3.12. The summed E-state index contributed by atoms with van der Waals surface area (Å²) in [5.74, 6) is 0.652. The van der Waals surface area contributed by atoms with Gasteiger partial charge in [-0.05, 0) is 31.1 Å². The van der Waals surface area contributed by atoms with E-state index in [9.17, 15) is 4.79 Å². The molecule has 0 amide bonds. The van der Waals surface area contributed by atoms with Crippen LogP contribution < -0.4 is 5.56 Å². The molecule has 0 unspecified atom stereocenters. The quantitative estimate of drug-likeness (QED) is 0.695. The van der Waals surface area contributed by atoms with Crippen molar-refractivity contribution < 1.29 is 0 Å². The van der Waals surface area contributed by atoms with E-state index in [2.05, 4.69) is 26.8 Å². The molecule has 0 bridgehead atoms. The number of rotatable bonds is 3. The molecule has 1 aliphatic rings. The van der Waals surface area contributed by atoms with Crippen molar-refractivity contribution in [1.29, 1.82) is 0 Å². The first-order valence-electron chi connectivity index (χ1n) is 7.37. The SMILES string of the molecule is CSc1nc2n(Cc3ccccc3)c3c(c(=O)n2n1)CCC3. The van der Waals surface area contributed by atoms with Gasteiger partial charge in [0.25, 0.3) is 5.56 Å². The van der Waals surface area contributed by atoms with Crippen molar-refractivity contribution in [2.45, 2.75) is 31.0 Å². The van der Waals surface area contributed by atoms with Crippen molar-refractivity contribution in [2.75, 3.05) is 6.26 Å². The predicted molar refractivity (Wildman–Crippen MR) is 86.6 cm³/mol. The molecule has 0 atom stereocenters. The normalized spacial score (nSPS) is 13.7. The van der Waals surface area contributed by atoms with Gasteiger partial charge in [-0.2, -0.15) is 9.50 Å². The molecule has 5 nitrogen and oxygen atoms in total. The third-order valence-corrected chi connectivity index (χ3v) is 4.68. The van der Waals surface area contributed by atoms with E-state index >= 15 is 0 Å². The predicted octanol–water partition coefficient (Wildman–Crippen LogP) is 2.15. The molecule has 0 spiro atoms. The van der Waals surface area contributed by atoms with Gasteiger partial charge < -0.3 is 4.57 Å². The summed E-state index contributed by atoms with van der Waals surface area (Å²) in [4.78, 5) is 17.1. The number of aromatic nitrogens is 4. The Morgan fingerprint density at radius 3 is 2.82 bits per heavy atom. The Kier molecular flexibility index (Phi) is 3.26. The Morgan fingerprint density at radius 2 is 2.05 bits per heavy atom. The maximum atomic E-state index is 12.6. The molecular weight excluding hydrogens is 296 g/mol. The van der Waals surface area contributed by atoms with Crippen LogP contribution in [0.25, 0.3) is 5.78 Å². The highest BCUT2D eigenvalue weighted by molar-refractivity contribution is 7.98. The van der Waals surface area contributed by atoms with E-state index in [-0.39, 0.29) is 5.56 Å². The van der Waals surface area contributed by atoms with Crippen molar-refractivity contribution in [1.82, 2.24) is 19.2 Å². The number of hydrogen-bond donors (Lipinski definition) is 0. The van der Waals surface area contributed by atoms with Crippen LogP contribution in [0.15, 0.2) is 40.3 Å². The van der Waals surface area contributed by atoms with Gasteiger partial charge in [-0.3, -0.25) is 4.79 Å². The van der Waals surface area contributed by atoms with Crippen LogP contribution in [0.1, 0.15) is 23.2 Å². The van der Waals surface area contributed by atoms with Crippen LogP contribution in [-0.2, 0) is 19.4 Å². The van der Waals surface area contributed by atoms with Crippen molar-refractivity contribution in [3.63, 3.8) is 0 Å². The molecule has 0 radical (unpaired) electrons. The molecule has 6 heteroatoms. The van der Waals surface area contributed by atoms with E-state index in [4.69, 9.17) is 0 Å². The minimum atomic E-state index is -0.000360. The Morgan fingerprint density at radius 1 is 1.23 bits per heavy atom. The fraction of sp³-hybridized carbons (Fsp3) is 0.312. The van der Waals surface area contributed by atoms with Crippen LogP contribution in [0.5, 0.6) is 0 Å². The van der Waals surface area contributed by atoms with E-state index in [1.807, 2.05) is 24.5 Å². The summed E-state index contributed by atoms with van der Waals surface area (Å²) < 4.78 is 3.63. The summed E-state index contributed by atoms with van der Waals surface area (Å²) in [5.41, 5.74) is 3.23. The number of hydrogen-bond acceptors (Lipinski definition) is 4. The Balaban J connectivity index is 1.97. The maximum Gasteiger partial charge on any atom is 0.279 e. The summed E-state index contributed by atoms with van der Waals surface area (Å²) >= 11 is 1.46. The molecule has 0 N–H and O–H groups in total. The smallest absolute Gasteiger partial charge is 0.279 e. The van der Waals surface area contributed by atoms with E-state index in [1.165, 1.54) is 21.8 Å². The molecule has 2 heterocycles. The number of fused-ring (bicyclic) bond motifs is 2. The third-order valence-electron chi connectivity index (χ3n) is 4.14. The van der Waals surface area contributed by atoms with Crippen LogP contribution in [0, 0.1) is 0 Å². The van der Waals surface area contributed by atoms with Gasteiger partial charge in [-0.15, -0.1) is 5.10 Å². The third kappa shape index (κ3) is 2.06. The lowest BCUT2D eigenvalue weighted by atomic mass is 10.2. The molecule has 3 aromatic rings. The van der Waals surface area contributed by atoms with E-state index in [0.717, 1.165) is 37.1 Å². The van der Waals surface area contributed by atoms with Gasteiger partial charge in [-0.25, -0.2) is 0 Å². The average molecular weight is 312 g/mol. The molecule has 2 aromatic heterocycles. The molecule has 4 rings (SSSR count). The van der Waals surface area contributed by atoms with Gasteiger partial charge >= 0.3 is 0 Å². The lowest BCUT2D eigenvalue weighted by Gasteiger charge is -2.13. The lowest BCUT2D eigenvalue weighted by Crippen LogP contribution is -2.25. The average Bonchev–Trinajstić information content (AvgIpc) is 3.19. The Labute approximate surface area is 132 Å². The highest BCUT2D eigenvalue weighted by Gasteiger charge is 2.23. The van der Waals surface area contributed by atoms with Crippen molar-refractivity contribution in [3.05, 3.63) is 57.5 Å². The lowest BCUT2D eigenvalue weighted by molar-refractivity contribution is 0.712. The van der Waals surface area contributed by atoms with E-state index in [0.29, 0.717) is 10.9 Å². The van der Waals surface area contributed by atoms with Crippen LogP contribution in [0.2, 0.25) is 0 Å². The minimum Gasteiger partial charge on any atom is -0.309 e. The first kappa shape index (κ1) is 13.6. The summed E-state index contributed by atoms with van der Waals surface area (Å²) in [6.07, 6.45) is 4.74. The molecule has 0 aliphatic heterocycles. The van der Waals surface area contributed by atoms with Gasteiger partial charge in [0, 0.05) is 11.3 Å². The number of thioether (sulfide) groups is 1. The second-order valence-corrected chi connectivity index (χ2v) is 6.24. The van der Waals surface area contributed by atoms with Gasteiger partial charge in [0.1, 0.15) is 0 Å².